The Hall–Kier alpha value is -1.63. The van der Waals surface area contributed by atoms with Crippen LogP contribution in [0.3, 0.4) is 0 Å². The number of fused-ring (bicyclic) bond motifs is 1. The summed E-state index contributed by atoms with van der Waals surface area (Å²) in [6.45, 7) is 5.93. The van der Waals surface area contributed by atoms with Crippen LogP contribution in [0, 0.1) is 0 Å². The molecule has 0 saturated heterocycles. The van der Waals surface area contributed by atoms with E-state index >= 15 is 0 Å². The Balaban J connectivity index is 1.63. The van der Waals surface area contributed by atoms with Gasteiger partial charge in [0.25, 0.3) is 0 Å². The first-order valence-electron chi connectivity index (χ1n) is 8.26. The van der Waals surface area contributed by atoms with E-state index in [9.17, 15) is 0 Å². The number of aryl methyl sites for hydroxylation is 1. The van der Waals surface area contributed by atoms with Crippen molar-refractivity contribution in [1.29, 1.82) is 0 Å². The summed E-state index contributed by atoms with van der Waals surface area (Å²) < 4.78 is 13.2. The van der Waals surface area contributed by atoms with Crippen LogP contribution in [0.5, 0.6) is 5.75 Å². The molecule has 130 valence electrons. The largest absolute Gasteiger partial charge is 0.492 e. The molecule has 0 saturated carbocycles. The van der Waals surface area contributed by atoms with Crippen molar-refractivity contribution in [3.8, 4) is 5.75 Å². The maximum absolute atomic E-state index is 5.89. The van der Waals surface area contributed by atoms with Gasteiger partial charge in [0.05, 0.1) is 18.3 Å². The second-order valence-corrected chi connectivity index (χ2v) is 6.23. The van der Waals surface area contributed by atoms with E-state index in [1.165, 1.54) is 5.69 Å². The van der Waals surface area contributed by atoms with Gasteiger partial charge < -0.3 is 9.47 Å². The fraction of sp³-hybridized carbons (Fsp3) is 0.529. The van der Waals surface area contributed by atoms with Gasteiger partial charge in [0.1, 0.15) is 18.1 Å². The quantitative estimate of drug-likeness (QED) is 0.768. The molecule has 0 N–H and O–H groups in total. The molecule has 1 aromatic carbocycles. The molecule has 2 heterocycles. The number of halogens is 1. The minimum Gasteiger partial charge on any atom is -0.492 e. The van der Waals surface area contributed by atoms with E-state index < -0.39 is 0 Å². The molecule has 24 heavy (non-hydrogen) atoms. The van der Waals surface area contributed by atoms with E-state index in [-0.39, 0.29) is 6.04 Å². The molecule has 1 atom stereocenters. The van der Waals surface area contributed by atoms with Crippen molar-refractivity contribution >= 4 is 11.6 Å². The second kappa shape index (κ2) is 7.96. The molecular formula is C17H23ClN4O2. The highest BCUT2D eigenvalue weighted by Crippen LogP contribution is 2.28. The molecule has 0 aliphatic carbocycles. The van der Waals surface area contributed by atoms with Gasteiger partial charge in [-0.25, -0.2) is 4.68 Å². The number of ether oxygens (including phenoxy) is 2. The van der Waals surface area contributed by atoms with Gasteiger partial charge in [-0.15, -0.1) is 5.10 Å². The fourth-order valence-electron chi connectivity index (χ4n) is 3.12. The Morgan fingerprint density at radius 1 is 1.29 bits per heavy atom. The van der Waals surface area contributed by atoms with Crippen molar-refractivity contribution in [2.75, 3.05) is 33.4 Å². The summed E-state index contributed by atoms with van der Waals surface area (Å²) >= 11 is 5.89. The predicted molar refractivity (Wildman–Crippen MR) is 92.5 cm³/mol. The van der Waals surface area contributed by atoms with Gasteiger partial charge in [0.15, 0.2) is 0 Å². The molecule has 7 heteroatoms. The van der Waals surface area contributed by atoms with Gasteiger partial charge in [-0.2, -0.15) is 0 Å². The van der Waals surface area contributed by atoms with E-state index in [2.05, 4.69) is 22.1 Å². The monoisotopic (exact) mass is 350 g/mol. The van der Waals surface area contributed by atoms with E-state index in [0.717, 1.165) is 37.5 Å². The third-order valence-electron chi connectivity index (χ3n) is 4.34. The number of nitrogens with zero attached hydrogens (tertiary/aromatic N) is 4. The lowest BCUT2D eigenvalue weighted by Gasteiger charge is -2.34. The van der Waals surface area contributed by atoms with Crippen molar-refractivity contribution in [3.63, 3.8) is 0 Å². The second-order valence-electron chi connectivity index (χ2n) is 5.80. The van der Waals surface area contributed by atoms with Crippen molar-refractivity contribution in [2.24, 2.45) is 0 Å². The van der Waals surface area contributed by atoms with Crippen LogP contribution < -0.4 is 4.74 Å². The van der Waals surface area contributed by atoms with Crippen LogP contribution in [0.1, 0.15) is 24.4 Å². The summed E-state index contributed by atoms with van der Waals surface area (Å²) in [5, 5.41) is 9.36. The summed E-state index contributed by atoms with van der Waals surface area (Å²) in [6.07, 6.45) is 0.956. The van der Waals surface area contributed by atoms with E-state index in [1.54, 1.807) is 7.11 Å². The lowest BCUT2D eigenvalue weighted by Crippen LogP contribution is -2.40. The van der Waals surface area contributed by atoms with E-state index in [4.69, 9.17) is 21.1 Å². The molecule has 0 radical (unpaired) electrons. The van der Waals surface area contributed by atoms with Gasteiger partial charge in [-0.3, -0.25) is 4.90 Å². The smallest absolute Gasteiger partial charge is 0.119 e. The zero-order chi connectivity index (χ0) is 16.9. The fourth-order valence-corrected chi connectivity index (χ4v) is 3.24. The Bertz CT molecular complexity index is 659. The molecule has 1 aliphatic rings. The SMILES string of the molecule is CCn1nnc2c1CCN(CCOc1ccc(Cl)cc1)[C@H]2COC. The predicted octanol–water partition coefficient (Wildman–Crippen LogP) is 2.58. The summed E-state index contributed by atoms with van der Waals surface area (Å²) in [4.78, 5) is 2.36. The molecular weight excluding hydrogens is 328 g/mol. The van der Waals surface area contributed by atoms with Crippen LogP contribution >= 0.6 is 11.6 Å². The Morgan fingerprint density at radius 3 is 2.79 bits per heavy atom. The van der Waals surface area contributed by atoms with Gasteiger partial charge in [-0.05, 0) is 31.2 Å². The van der Waals surface area contributed by atoms with Crippen LogP contribution in [0.25, 0.3) is 0 Å². The number of benzene rings is 1. The zero-order valence-electron chi connectivity index (χ0n) is 14.1. The molecule has 0 spiro atoms. The lowest BCUT2D eigenvalue weighted by atomic mass is 10.0. The maximum Gasteiger partial charge on any atom is 0.119 e. The zero-order valence-corrected chi connectivity index (χ0v) is 14.9. The number of methoxy groups -OCH3 is 1. The molecule has 1 aliphatic heterocycles. The highest BCUT2D eigenvalue weighted by molar-refractivity contribution is 6.30. The molecule has 0 amide bonds. The minimum atomic E-state index is 0.132. The van der Waals surface area contributed by atoms with E-state index in [0.29, 0.717) is 18.2 Å². The number of aromatic nitrogens is 3. The Morgan fingerprint density at radius 2 is 2.08 bits per heavy atom. The third kappa shape index (κ3) is 3.71. The van der Waals surface area contributed by atoms with Crippen LogP contribution in [-0.2, 0) is 17.7 Å². The normalized spacial score (nSPS) is 17.7. The number of rotatable bonds is 7. The molecule has 3 rings (SSSR count). The molecule has 1 aromatic heterocycles. The lowest BCUT2D eigenvalue weighted by molar-refractivity contribution is 0.0700. The molecule has 0 fully saturated rings. The summed E-state index contributed by atoms with van der Waals surface area (Å²) in [6, 6.07) is 7.57. The van der Waals surface area contributed by atoms with Crippen molar-refractivity contribution in [1.82, 2.24) is 19.9 Å². The highest BCUT2D eigenvalue weighted by atomic mass is 35.5. The van der Waals surface area contributed by atoms with Gasteiger partial charge in [0, 0.05) is 38.2 Å². The maximum atomic E-state index is 5.89. The van der Waals surface area contributed by atoms with Crippen LogP contribution in [0.4, 0.5) is 0 Å². The highest BCUT2D eigenvalue weighted by Gasteiger charge is 2.31. The van der Waals surface area contributed by atoms with Crippen LogP contribution in [0.2, 0.25) is 5.02 Å². The summed E-state index contributed by atoms with van der Waals surface area (Å²) in [5.41, 5.74) is 2.27. The molecule has 0 bridgehead atoms. The number of hydrogen-bond donors (Lipinski definition) is 0. The molecule has 2 aromatic rings. The number of hydrogen-bond acceptors (Lipinski definition) is 5. The van der Waals surface area contributed by atoms with Gasteiger partial charge in [0.2, 0.25) is 0 Å². The first kappa shape index (κ1) is 17.2. The van der Waals surface area contributed by atoms with Crippen molar-refractivity contribution in [2.45, 2.75) is 25.9 Å². The standard InChI is InChI=1S/C17H23ClN4O2/c1-3-22-15-8-9-21(16(12-23-2)17(15)19-20-22)10-11-24-14-6-4-13(18)5-7-14/h4-7,16H,3,8-12H2,1-2H3/t16-/m0/s1. The third-order valence-corrected chi connectivity index (χ3v) is 4.60. The average molecular weight is 351 g/mol. The van der Waals surface area contributed by atoms with Crippen molar-refractivity contribution < 1.29 is 9.47 Å². The first-order valence-corrected chi connectivity index (χ1v) is 8.64. The van der Waals surface area contributed by atoms with Crippen LogP contribution in [0.15, 0.2) is 24.3 Å². The van der Waals surface area contributed by atoms with Gasteiger partial charge in [-0.1, -0.05) is 16.8 Å². The van der Waals surface area contributed by atoms with Crippen LogP contribution in [-0.4, -0.2) is 53.3 Å². The topological polar surface area (TPSA) is 52.4 Å². The van der Waals surface area contributed by atoms with E-state index in [1.807, 2.05) is 28.9 Å². The van der Waals surface area contributed by atoms with Crippen molar-refractivity contribution in [3.05, 3.63) is 40.7 Å². The Labute approximate surface area is 147 Å². The molecule has 6 nitrogen and oxygen atoms in total. The molecule has 0 unspecified atom stereocenters. The summed E-state index contributed by atoms with van der Waals surface area (Å²) in [7, 11) is 1.72. The van der Waals surface area contributed by atoms with Gasteiger partial charge >= 0.3 is 0 Å². The minimum absolute atomic E-state index is 0.132. The average Bonchev–Trinajstić information content (AvgIpc) is 3.02. The Kier molecular flexibility index (Phi) is 5.71. The summed E-state index contributed by atoms with van der Waals surface area (Å²) in [5.74, 6) is 0.831. The first-order chi connectivity index (χ1) is 11.7.